The lowest BCUT2D eigenvalue weighted by molar-refractivity contribution is -0.119. The smallest absolute Gasteiger partial charge is 0.227 e. The van der Waals surface area contributed by atoms with Crippen LogP contribution < -0.4 is 5.32 Å². The number of nitrogens with one attached hydrogen (secondary N) is 1. The molecule has 2 heteroatoms. The van der Waals surface area contributed by atoms with E-state index in [1.807, 2.05) is 38.1 Å². The summed E-state index contributed by atoms with van der Waals surface area (Å²) in [6, 6.07) is 16.4. The number of hydrogen-bond donors (Lipinski definition) is 1. The summed E-state index contributed by atoms with van der Waals surface area (Å²) in [6.07, 6.45) is 4.02. The second-order valence-corrected chi connectivity index (χ2v) is 6.05. The van der Waals surface area contributed by atoms with E-state index in [0.29, 0.717) is 0 Å². The van der Waals surface area contributed by atoms with Crippen molar-refractivity contribution in [2.75, 3.05) is 5.32 Å². The van der Waals surface area contributed by atoms with Crippen LogP contribution in [0.3, 0.4) is 0 Å². The van der Waals surface area contributed by atoms with Crippen LogP contribution in [0.15, 0.2) is 54.6 Å². The summed E-state index contributed by atoms with van der Waals surface area (Å²) in [5, 5.41) is 3.00. The van der Waals surface area contributed by atoms with Gasteiger partial charge in [0.2, 0.25) is 5.91 Å². The molecular weight excluding hydrogens is 270 g/mol. The van der Waals surface area contributed by atoms with E-state index in [0.717, 1.165) is 18.5 Å². The van der Waals surface area contributed by atoms with Gasteiger partial charge in [0, 0.05) is 11.6 Å². The largest absolute Gasteiger partial charge is 0.326 e. The molecule has 0 aromatic heterocycles. The topological polar surface area (TPSA) is 29.1 Å². The van der Waals surface area contributed by atoms with Crippen molar-refractivity contribution in [3.8, 4) is 0 Å². The lowest BCUT2D eigenvalue weighted by Gasteiger charge is -2.14. The highest BCUT2D eigenvalue weighted by atomic mass is 16.1. The minimum Gasteiger partial charge on any atom is -0.326 e. The molecule has 2 aromatic carbocycles. The van der Waals surface area contributed by atoms with Gasteiger partial charge >= 0.3 is 0 Å². The van der Waals surface area contributed by atoms with Gasteiger partial charge in [0.15, 0.2) is 0 Å². The number of fused-ring (bicyclic) bond motifs is 1. The van der Waals surface area contributed by atoms with Gasteiger partial charge in [-0.3, -0.25) is 4.79 Å². The third-order valence-corrected chi connectivity index (χ3v) is 4.22. The molecule has 1 unspecified atom stereocenters. The fourth-order valence-corrected chi connectivity index (χ4v) is 2.87. The third kappa shape index (κ3) is 3.11. The van der Waals surface area contributed by atoms with E-state index in [1.54, 1.807) is 0 Å². The third-order valence-electron chi connectivity index (χ3n) is 4.22. The minimum atomic E-state index is -0.0429. The van der Waals surface area contributed by atoms with Crippen molar-refractivity contribution in [1.29, 1.82) is 0 Å². The predicted molar refractivity (Wildman–Crippen MR) is 91.7 cm³/mol. The zero-order valence-electron chi connectivity index (χ0n) is 13.1. The van der Waals surface area contributed by atoms with Crippen molar-refractivity contribution >= 4 is 17.2 Å². The standard InChI is InChI=1S/C20H21NO/c1-14-7-11-18(12-8-14)21-20(22)15(2)13-17-10-9-16-5-3-4-6-19(16)17/h3-8,10-12,15H,9,13H2,1-2H3,(H,21,22). The van der Waals surface area contributed by atoms with E-state index in [-0.39, 0.29) is 11.8 Å². The number of hydrogen-bond acceptors (Lipinski definition) is 1. The first-order chi connectivity index (χ1) is 10.6. The molecule has 0 heterocycles. The predicted octanol–water partition coefficient (Wildman–Crippen LogP) is 4.60. The molecule has 1 N–H and O–H groups in total. The van der Waals surface area contributed by atoms with Gasteiger partial charge in [-0.05, 0) is 48.6 Å². The Labute approximate surface area is 131 Å². The highest BCUT2D eigenvalue weighted by Crippen LogP contribution is 2.32. The Kier molecular flexibility index (Phi) is 4.10. The molecule has 0 bridgehead atoms. The summed E-state index contributed by atoms with van der Waals surface area (Å²) in [4.78, 5) is 12.4. The molecule has 0 radical (unpaired) electrons. The summed E-state index contributed by atoms with van der Waals surface area (Å²) in [6.45, 7) is 4.03. The number of allylic oxidation sites excluding steroid dienone is 2. The van der Waals surface area contributed by atoms with E-state index >= 15 is 0 Å². The van der Waals surface area contributed by atoms with Crippen molar-refractivity contribution < 1.29 is 4.79 Å². The molecule has 0 aliphatic heterocycles. The number of amides is 1. The van der Waals surface area contributed by atoms with Crippen LogP contribution in [0.2, 0.25) is 0 Å². The van der Waals surface area contributed by atoms with Crippen LogP contribution in [0.4, 0.5) is 5.69 Å². The minimum absolute atomic E-state index is 0.0429. The maximum Gasteiger partial charge on any atom is 0.227 e. The first kappa shape index (κ1) is 14.6. The zero-order chi connectivity index (χ0) is 15.5. The van der Waals surface area contributed by atoms with E-state index in [4.69, 9.17) is 0 Å². The monoisotopic (exact) mass is 291 g/mol. The van der Waals surface area contributed by atoms with Crippen molar-refractivity contribution in [2.24, 2.45) is 5.92 Å². The van der Waals surface area contributed by atoms with E-state index in [1.165, 1.54) is 22.3 Å². The van der Waals surface area contributed by atoms with Gasteiger partial charge in [0.1, 0.15) is 0 Å². The van der Waals surface area contributed by atoms with Gasteiger partial charge in [-0.1, -0.05) is 55.0 Å². The molecular formula is C20H21NO. The summed E-state index contributed by atoms with van der Waals surface area (Å²) in [5.74, 6) is 0.0350. The number of aryl methyl sites for hydroxylation is 1. The fourth-order valence-electron chi connectivity index (χ4n) is 2.87. The molecule has 0 saturated heterocycles. The lowest BCUT2D eigenvalue weighted by atomic mass is 9.96. The molecule has 2 aromatic rings. The lowest BCUT2D eigenvalue weighted by Crippen LogP contribution is -2.20. The summed E-state index contributed by atoms with van der Waals surface area (Å²) >= 11 is 0. The van der Waals surface area contributed by atoms with Crippen LogP contribution >= 0.6 is 0 Å². The first-order valence-corrected chi connectivity index (χ1v) is 7.78. The summed E-state index contributed by atoms with van der Waals surface area (Å²) < 4.78 is 0. The molecule has 1 amide bonds. The Morgan fingerprint density at radius 2 is 1.86 bits per heavy atom. The fraction of sp³-hybridized carbons (Fsp3) is 0.250. The van der Waals surface area contributed by atoms with Crippen LogP contribution in [0.5, 0.6) is 0 Å². The quantitative estimate of drug-likeness (QED) is 0.876. The van der Waals surface area contributed by atoms with Crippen LogP contribution in [0.1, 0.15) is 30.0 Å². The molecule has 2 nitrogen and oxygen atoms in total. The number of rotatable bonds is 4. The SMILES string of the molecule is Cc1ccc(NC(=O)C(C)CC2=CCc3ccccc32)cc1. The highest BCUT2D eigenvalue weighted by molar-refractivity contribution is 5.93. The first-order valence-electron chi connectivity index (χ1n) is 7.78. The van der Waals surface area contributed by atoms with Crippen LogP contribution in [-0.2, 0) is 11.2 Å². The van der Waals surface area contributed by atoms with Gasteiger partial charge in [0.05, 0.1) is 0 Å². The number of benzene rings is 2. The van der Waals surface area contributed by atoms with E-state index in [2.05, 4.69) is 35.7 Å². The van der Waals surface area contributed by atoms with Crippen LogP contribution in [-0.4, -0.2) is 5.91 Å². The van der Waals surface area contributed by atoms with Gasteiger partial charge < -0.3 is 5.32 Å². The summed E-state index contributed by atoms with van der Waals surface area (Å²) in [5.41, 5.74) is 6.02. The van der Waals surface area contributed by atoms with Crippen molar-refractivity contribution in [1.82, 2.24) is 0 Å². The Balaban J connectivity index is 1.64. The number of carbonyl (C=O) groups is 1. The Bertz CT molecular complexity index is 713. The molecule has 1 atom stereocenters. The second-order valence-electron chi connectivity index (χ2n) is 6.05. The van der Waals surface area contributed by atoms with Crippen molar-refractivity contribution in [2.45, 2.75) is 26.7 Å². The van der Waals surface area contributed by atoms with Crippen LogP contribution in [0.25, 0.3) is 5.57 Å². The Morgan fingerprint density at radius 3 is 2.64 bits per heavy atom. The van der Waals surface area contributed by atoms with Crippen molar-refractivity contribution in [3.05, 3.63) is 71.3 Å². The molecule has 0 saturated carbocycles. The maximum absolute atomic E-state index is 12.4. The molecule has 22 heavy (non-hydrogen) atoms. The molecule has 0 fully saturated rings. The second kappa shape index (κ2) is 6.18. The number of carbonyl (C=O) groups excluding carboxylic acids is 1. The van der Waals surface area contributed by atoms with E-state index < -0.39 is 0 Å². The van der Waals surface area contributed by atoms with Gasteiger partial charge in [-0.15, -0.1) is 0 Å². The Hall–Kier alpha value is -2.35. The van der Waals surface area contributed by atoms with Crippen LogP contribution in [0, 0.1) is 12.8 Å². The molecule has 112 valence electrons. The van der Waals surface area contributed by atoms with Gasteiger partial charge in [-0.25, -0.2) is 0 Å². The maximum atomic E-state index is 12.4. The number of anilines is 1. The Morgan fingerprint density at radius 1 is 1.14 bits per heavy atom. The molecule has 1 aliphatic carbocycles. The van der Waals surface area contributed by atoms with Gasteiger partial charge in [-0.2, -0.15) is 0 Å². The average molecular weight is 291 g/mol. The highest BCUT2D eigenvalue weighted by Gasteiger charge is 2.19. The van der Waals surface area contributed by atoms with Gasteiger partial charge in [0.25, 0.3) is 0 Å². The van der Waals surface area contributed by atoms with E-state index in [9.17, 15) is 4.79 Å². The molecule has 1 aliphatic rings. The summed E-state index contributed by atoms with van der Waals surface area (Å²) in [7, 11) is 0. The van der Waals surface area contributed by atoms with Crippen molar-refractivity contribution in [3.63, 3.8) is 0 Å². The average Bonchev–Trinajstić information content (AvgIpc) is 2.93. The molecule has 3 rings (SSSR count). The molecule has 0 spiro atoms. The zero-order valence-corrected chi connectivity index (χ0v) is 13.1. The normalized spacial score (nSPS) is 14.2.